The molecule has 2 N–H and O–H groups in total. The molecular weight excluding hydrogens is 334 g/mol. The van der Waals surface area contributed by atoms with Crippen LogP contribution >= 0.6 is 11.6 Å². The van der Waals surface area contributed by atoms with E-state index in [2.05, 4.69) is 5.32 Å². The van der Waals surface area contributed by atoms with Crippen LogP contribution in [0.3, 0.4) is 0 Å². The summed E-state index contributed by atoms with van der Waals surface area (Å²) in [5, 5.41) is 12.4. The first-order valence-electron chi connectivity index (χ1n) is 7.81. The van der Waals surface area contributed by atoms with Crippen molar-refractivity contribution in [3.05, 3.63) is 39.2 Å². The van der Waals surface area contributed by atoms with Crippen LogP contribution in [-0.4, -0.2) is 30.8 Å². The topological polar surface area (TPSA) is 88.8 Å². The Labute approximate surface area is 144 Å². The Balaban J connectivity index is 2.18. The van der Waals surface area contributed by atoms with Crippen molar-refractivity contribution >= 4 is 28.5 Å². The Kier molecular flexibility index (Phi) is 6.63. The standard InChI is InChI=1S/C17H20ClNO5/c1-2-4-11-7-17(22)24-14-9-15(13(18)8-12(11)14)23-10-16(21)19-5-3-6-20/h7-9,20H,2-6,10H2,1H3,(H,19,21). The quantitative estimate of drug-likeness (QED) is 0.561. The SMILES string of the molecule is CCCc1cc(=O)oc2cc(OCC(=O)NCCCO)c(Cl)cc12. The van der Waals surface area contributed by atoms with Crippen molar-refractivity contribution in [2.45, 2.75) is 26.2 Å². The molecule has 0 spiro atoms. The molecule has 0 aliphatic carbocycles. The Morgan fingerprint density at radius 1 is 1.38 bits per heavy atom. The summed E-state index contributed by atoms with van der Waals surface area (Å²) < 4.78 is 10.6. The van der Waals surface area contributed by atoms with Gasteiger partial charge < -0.3 is 19.6 Å². The fourth-order valence-corrected chi connectivity index (χ4v) is 2.53. The molecule has 7 heteroatoms. The maximum absolute atomic E-state index is 11.7. The van der Waals surface area contributed by atoms with Crippen molar-refractivity contribution in [1.29, 1.82) is 0 Å². The summed E-state index contributed by atoms with van der Waals surface area (Å²) in [5.41, 5.74) is 0.825. The highest BCUT2D eigenvalue weighted by Gasteiger charge is 2.12. The van der Waals surface area contributed by atoms with Crippen LogP contribution in [0.4, 0.5) is 0 Å². The molecule has 1 aromatic heterocycles. The van der Waals surface area contributed by atoms with Crippen molar-refractivity contribution in [2.75, 3.05) is 19.8 Å². The lowest BCUT2D eigenvalue weighted by molar-refractivity contribution is -0.123. The number of ether oxygens (including phenoxy) is 1. The summed E-state index contributed by atoms with van der Waals surface area (Å²) in [6.45, 7) is 2.20. The summed E-state index contributed by atoms with van der Waals surface area (Å²) in [4.78, 5) is 23.3. The van der Waals surface area contributed by atoms with Crippen LogP contribution in [0.25, 0.3) is 11.0 Å². The summed E-state index contributed by atoms with van der Waals surface area (Å²) >= 11 is 6.22. The van der Waals surface area contributed by atoms with Gasteiger partial charge in [-0.05, 0) is 24.5 Å². The molecule has 0 saturated carbocycles. The van der Waals surface area contributed by atoms with E-state index in [1.54, 1.807) is 6.07 Å². The van der Waals surface area contributed by atoms with Gasteiger partial charge in [0, 0.05) is 30.7 Å². The average molecular weight is 354 g/mol. The molecule has 0 bridgehead atoms. The zero-order valence-corrected chi connectivity index (χ0v) is 14.2. The van der Waals surface area contributed by atoms with Crippen LogP contribution in [0.15, 0.2) is 27.4 Å². The van der Waals surface area contributed by atoms with Crippen molar-refractivity contribution in [2.24, 2.45) is 0 Å². The first kappa shape index (κ1) is 18.3. The van der Waals surface area contributed by atoms with E-state index in [0.717, 1.165) is 23.8 Å². The van der Waals surface area contributed by atoms with Crippen LogP contribution < -0.4 is 15.7 Å². The number of aryl methyl sites for hydroxylation is 1. The van der Waals surface area contributed by atoms with E-state index in [1.165, 1.54) is 12.1 Å². The molecule has 0 radical (unpaired) electrons. The molecule has 24 heavy (non-hydrogen) atoms. The van der Waals surface area contributed by atoms with E-state index < -0.39 is 5.63 Å². The maximum atomic E-state index is 11.7. The number of halogens is 1. The molecule has 0 aliphatic heterocycles. The van der Waals surface area contributed by atoms with E-state index in [0.29, 0.717) is 23.6 Å². The highest BCUT2D eigenvalue weighted by Crippen LogP contribution is 2.31. The molecule has 0 aliphatic rings. The van der Waals surface area contributed by atoms with E-state index >= 15 is 0 Å². The zero-order chi connectivity index (χ0) is 17.5. The Bertz CT molecular complexity index is 771. The van der Waals surface area contributed by atoms with Gasteiger partial charge in [-0.2, -0.15) is 0 Å². The molecule has 6 nitrogen and oxygen atoms in total. The summed E-state index contributed by atoms with van der Waals surface area (Å²) in [7, 11) is 0. The second kappa shape index (κ2) is 8.70. The number of nitrogens with one attached hydrogen (secondary N) is 1. The molecule has 0 atom stereocenters. The predicted molar refractivity (Wildman–Crippen MR) is 91.7 cm³/mol. The molecule has 0 fully saturated rings. The van der Waals surface area contributed by atoms with Gasteiger partial charge in [-0.25, -0.2) is 4.79 Å². The highest BCUT2D eigenvalue weighted by molar-refractivity contribution is 6.32. The minimum Gasteiger partial charge on any atom is -0.482 e. The average Bonchev–Trinajstić information content (AvgIpc) is 2.54. The summed E-state index contributed by atoms with van der Waals surface area (Å²) in [6.07, 6.45) is 2.11. The number of hydrogen-bond donors (Lipinski definition) is 2. The number of hydrogen-bond acceptors (Lipinski definition) is 5. The van der Waals surface area contributed by atoms with Gasteiger partial charge in [-0.3, -0.25) is 4.79 Å². The van der Waals surface area contributed by atoms with Gasteiger partial charge >= 0.3 is 5.63 Å². The van der Waals surface area contributed by atoms with Gasteiger partial charge in [0.05, 0.1) is 5.02 Å². The van der Waals surface area contributed by atoms with E-state index in [1.807, 2.05) is 6.92 Å². The Morgan fingerprint density at radius 3 is 2.88 bits per heavy atom. The first-order chi connectivity index (χ1) is 11.5. The number of rotatable bonds is 8. The van der Waals surface area contributed by atoms with Gasteiger partial charge in [0.15, 0.2) is 6.61 Å². The zero-order valence-electron chi connectivity index (χ0n) is 13.4. The molecule has 2 aromatic rings. The van der Waals surface area contributed by atoms with E-state index in [-0.39, 0.29) is 24.9 Å². The van der Waals surface area contributed by atoms with Gasteiger partial charge in [0.1, 0.15) is 11.3 Å². The smallest absolute Gasteiger partial charge is 0.336 e. The van der Waals surface area contributed by atoms with Crippen molar-refractivity contribution in [3.8, 4) is 5.75 Å². The number of fused-ring (bicyclic) bond motifs is 1. The lowest BCUT2D eigenvalue weighted by Gasteiger charge is -2.11. The van der Waals surface area contributed by atoms with Gasteiger partial charge in [0.25, 0.3) is 5.91 Å². The largest absolute Gasteiger partial charge is 0.482 e. The monoisotopic (exact) mass is 353 g/mol. The number of aliphatic hydroxyl groups excluding tert-OH is 1. The molecule has 0 unspecified atom stereocenters. The van der Waals surface area contributed by atoms with Crippen LogP contribution in [0, 0.1) is 0 Å². The highest BCUT2D eigenvalue weighted by atomic mass is 35.5. The fourth-order valence-electron chi connectivity index (χ4n) is 2.32. The Hall–Kier alpha value is -2.05. The first-order valence-corrected chi connectivity index (χ1v) is 8.19. The molecule has 2 rings (SSSR count). The number of carbonyl (C=O) groups excluding carboxylic acids is 1. The second-order valence-corrected chi connectivity index (χ2v) is 5.74. The maximum Gasteiger partial charge on any atom is 0.336 e. The molecule has 1 aromatic carbocycles. The third-order valence-electron chi connectivity index (χ3n) is 3.42. The van der Waals surface area contributed by atoms with Gasteiger partial charge in [-0.1, -0.05) is 24.9 Å². The number of benzene rings is 1. The lowest BCUT2D eigenvalue weighted by Crippen LogP contribution is -2.30. The van der Waals surface area contributed by atoms with Crippen molar-refractivity contribution in [3.63, 3.8) is 0 Å². The Morgan fingerprint density at radius 2 is 2.17 bits per heavy atom. The number of aliphatic hydroxyl groups is 1. The van der Waals surface area contributed by atoms with Gasteiger partial charge in [-0.15, -0.1) is 0 Å². The summed E-state index contributed by atoms with van der Waals surface area (Å²) in [6, 6.07) is 4.68. The van der Waals surface area contributed by atoms with Crippen LogP contribution in [0.5, 0.6) is 5.75 Å². The second-order valence-electron chi connectivity index (χ2n) is 5.34. The fraction of sp³-hybridized carbons (Fsp3) is 0.412. The van der Waals surface area contributed by atoms with Crippen molar-refractivity contribution < 1.29 is 19.1 Å². The summed E-state index contributed by atoms with van der Waals surface area (Å²) in [5.74, 6) is -0.0425. The third-order valence-corrected chi connectivity index (χ3v) is 3.71. The van der Waals surface area contributed by atoms with Crippen LogP contribution in [-0.2, 0) is 11.2 Å². The minimum atomic E-state index is -0.430. The number of carbonyl (C=O) groups is 1. The normalized spacial score (nSPS) is 10.8. The third kappa shape index (κ3) is 4.72. The van der Waals surface area contributed by atoms with E-state index in [9.17, 15) is 9.59 Å². The minimum absolute atomic E-state index is 0.0107. The predicted octanol–water partition coefficient (Wildman–Crippen LogP) is 2.28. The molecule has 1 heterocycles. The molecule has 1 amide bonds. The van der Waals surface area contributed by atoms with Crippen LogP contribution in [0.2, 0.25) is 5.02 Å². The number of amides is 1. The van der Waals surface area contributed by atoms with Gasteiger partial charge in [0.2, 0.25) is 0 Å². The molecular formula is C17H20ClNO5. The van der Waals surface area contributed by atoms with E-state index in [4.69, 9.17) is 25.9 Å². The molecule has 130 valence electrons. The van der Waals surface area contributed by atoms with Crippen molar-refractivity contribution in [1.82, 2.24) is 5.32 Å². The van der Waals surface area contributed by atoms with Crippen LogP contribution in [0.1, 0.15) is 25.3 Å². The molecule has 0 saturated heterocycles. The lowest BCUT2D eigenvalue weighted by atomic mass is 10.1.